The van der Waals surface area contributed by atoms with Crippen molar-refractivity contribution < 1.29 is 18.8 Å². The van der Waals surface area contributed by atoms with Crippen LogP contribution >= 0.6 is 0 Å². The van der Waals surface area contributed by atoms with Crippen molar-refractivity contribution in [3.8, 4) is 11.3 Å². The van der Waals surface area contributed by atoms with Crippen molar-refractivity contribution >= 4 is 12.0 Å². The lowest BCUT2D eigenvalue weighted by Crippen LogP contribution is -2.54. The Kier molecular flexibility index (Phi) is 5.72. The molecule has 150 valence electrons. The van der Waals surface area contributed by atoms with E-state index in [-0.39, 0.29) is 11.7 Å². The fourth-order valence-electron chi connectivity index (χ4n) is 3.38. The van der Waals surface area contributed by atoms with Gasteiger partial charge in [0.15, 0.2) is 0 Å². The largest absolute Gasteiger partial charge is 0.444 e. The average molecular weight is 385 g/mol. The van der Waals surface area contributed by atoms with Gasteiger partial charge in [-0.1, -0.05) is 48.3 Å². The summed E-state index contributed by atoms with van der Waals surface area (Å²) in [7, 11) is 0. The van der Waals surface area contributed by atoms with Gasteiger partial charge >= 0.3 is 6.09 Å². The quantitative estimate of drug-likeness (QED) is 0.814. The van der Waals surface area contributed by atoms with Gasteiger partial charge in [-0.05, 0) is 33.6 Å². The molecule has 1 aromatic heterocycles. The number of hydrogen-bond donors (Lipinski definition) is 2. The number of carbonyl (C=O) groups is 2. The van der Waals surface area contributed by atoms with Crippen molar-refractivity contribution in [1.82, 2.24) is 15.8 Å². The zero-order chi connectivity index (χ0) is 20.2. The molecule has 1 fully saturated rings. The Hall–Kier alpha value is -2.83. The van der Waals surface area contributed by atoms with Crippen molar-refractivity contribution in [3.63, 3.8) is 0 Å². The molecule has 0 bridgehead atoms. The maximum atomic E-state index is 12.7. The minimum absolute atomic E-state index is 0.155. The number of benzene rings is 1. The highest BCUT2D eigenvalue weighted by atomic mass is 16.6. The predicted octanol–water partition coefficient (Wildman–Crippen LogP) is 3.91. The van der Waals surface area contributed by atoms with Gasteiger partial charge in [0.25, 0.3) is 5.91 Å². The van der Waals surface area contributed by atoms with Crippen LogP contribution in [0.15, 0.2) is 40.9 Å². The second-order valence-corrected chi connectivity index (χ2v) is 8.24. The Bertz CT molecular complexity index is 818. The molecule has 1 aromatic carbocycles. The van der Waals surface area contributed by atoms with Crippen molar-refractivity contribution in [2.24, 2.45) is 0 Å². The Labute approximate surface area is 164 Å². The highest BCUT2D eigenvalue weighted by Gasteiger charge is 2.37. The summed E-state index contributed by atoms with van der Waals surface area (Å²) in [6, 6.07) is 11.2. The van der Waals surface area contributed by atoms with Crippen LogP contribution in [0.25, 0.3) is 11.3 Å². The smallest absolute Gasteiger partial charge is 0.407 e. The van der Waals surface area contributed by atoms with Gasteiger partial charge in [-0.3, -0.25) is 4.79 Å². The minimum atomic E-state index is -0.566. The summed E-state index contributed by atoms with van der Waals surface area (Å²) in [6.45, 7) is 5.75. The molecule has 0 atom stereocenters. The molecular weight excluding hydrogens is 358 g/mol. The van der Waals surface area contributed by atoms with Gasteiger partial charge in [0.1, 0.15) is 11.3 Å². The molecule has 1 saturated carbocycles. The van der Waals surface area contributed by atoms with E-state index in [1.165, 1.54) is 0 Å². The van der Waals surface area contributed by atoms with E-state index in [4.69, 9.17) is 9.26 Å². The Morgan fingerprint density at radius 1 is 1.18 bits per heavy atom. The number of rotatable bonds is 5. The number of amides is 2. The normalized spacial score (nSPS) is 15.8. The first kappa shape index (κ1) is 19.9. The van der Waals surface area contributed by atoms with Crippen molar-refractivity contribution in [2.75, 3.05) is 6.54 Å². The molecule has 0 saturated heterocycles. The lowest BCUT2D eigenvalue weighted by Gasteiger charge is -2.30. The Morgan fingerprint density at radius 2 is 1.86 bits per heavy atom. The summed E-state index contributed by atoms with van der Waals surface area (Å²) in [4.78, 5) is 24.7. The zero-order valence-corrected chi connectivity index (χ0v) is 16.6. The van der Waals surface area contributed by atoms with Crippen LogP contribution in [0.2, 0.25) is 0 Å². The molecule has 2 aromatic rings. The van der Waals surface area contributed by atoms with Crippen LogP contribution in [0.1, 0.15) is 57.0 Å². The molecule has 2 N–H and O–H groups in total. The summed E-state index contributed by atoms with van der Waals surface area (Å²) in [5.74, 6) is -0.176. The number of alkyl carbamates (subject to hydrolysis) is 1. The van der Waals surface area contributed by atoms with E-state index in [0.29, 0.717) is 12.2 Å². The maximum absolute atomic E-state index is 12.7. The van der Waals surface area contributed by atoms with E-state index in [1.54, 1.807) is 6.07 Å². The molecule has 1 aliphatic carbocycles. The predicted molar refractivity (Wildman–Crippen MR) is 105 cm³/mol. The topological polar surface area (TPSA) is 93.5 Å². The third-order valence-corrected chi connectivity index (χ3v) is 4.71. The number of nitrogens with one attached hydrogen (secondary N) is 2. The number of hydrogen-bond acceptors (Lipinski definition) is 5. The summed E-state index contributed by atoms with van der Waals surface area (Å²) < 4.78 is 10.5. The molecule has 1 aliphatic rings. The van der Waals surface area contributed by atoms with Gasteiger partial charge < -0.3 is 19.9 Å². The second-order valence-electron chi connectivity index (χ2n) is 8.24. The molecule has 2 amide bonds. The van der Waals surface area contributed by atoms with Crippen LogP contribution in [-0.2, 0) is 4.74 Å². The molecule has 0 aliphatic heterocycles. The molecule has 7 nitrogen and oxygen atoms in total. The SMILES string of the molecule is CC(C)(C)OC(=O)NCC1(NC(=O)c2cc(-c3ccccc3)no2)CCCC1. The second kappa shape index (κ2) is 8.04. The zero-order valence-electron chi connectivity index (χ0n) is 16.6. The highest BCUT2D eigenvalue weighted by Crippen LogP contribution is 2.30. The van der Waals surface area contributed by atoms with E-state index in [1.807, 2.05) is 51.1 Å². The van der Waals surface area contributed by atoms with Crippen LogP contribution in [0, 0.1) is 0 Å². The monoisotopic (exact) mass is 385 g/mol. The number of nitrogens with zero attached hydrogens (tertiary/aromatic N) is 1. The average Bonchev–Trinajstić information content (AvgIpc) is 3.30. The summed E-state index contributed by atoms with van der Waals surface area (Å²) >= 11 is 0. The molecule has 0 radical (unpaired) electrons. The highest BCUT2D eigenvalue weighted by molar-refractivity contribution is 5.93. The minimum Gasteiger partial charge on any atom is -0.444 e. The van der Waals surface area contributed by atoms with Crippen LogP contribution in [0.3, 0.4) is 0 Å². The fourth-order valence-corrected chi connectivity index (χ4v) is 3.38. The lowest BCUT2D eigenvalue weighted by atomic mass is 9.97. The van der Waals surface area contributed by atoms with Crippen LogP contribution < -0.4 is 10.6 Å². The first-order valence-corrected chi connectivity index (χ1v) is 9.58. The summed E-state index contributed by atoms with van der Waals surface area (Å²) in [5.41, 5.74) is 0.419. The van der Waals surface area contributed by atoms with Crippen molar-refractivity contribution in [1.29, 1.82) is 0 Å². The van der Waals surface area contributed by atoms with Gasteiger partial charge in [0, 0.05) is 18.2 Å². The standard InChI is InChI=1S/C21H27N3O4/c1-20(2,3)27-19(26)22-14-21(11-7-8-12-21)23-18(25)17-13-16(24-28-17)15-9-5-4-6-10-15/h4-6,9-10,13H,7-8,11-12,14H2,1-3H3,(H,22,26)(H,23,25). The molecule has 3 rings (SSSR count). The van der Waals surface area contributed by atoms with Gasteiger partial charge in [0.2, 0.25) is 5.76 Å². The van der Waals surface area contributed by atoms with Crippen LogP contribution in [-0.4, -0.2) is 34.8 Å². The van der Waals surface area contributed by atoms with Crippen molar-refractivity contribution in [2.45, 2.75) is 57.6 Å². The van der Waals surface area contributed by atoms with E-state index in [9.17, 15) is 9.59 Å². The third kappa shape index (κ3) is 5.12. The fraction of sp³-hybridized carbons (Fsp3) is 0.476. The molecule has 7 heteroatoms. The molecule has 28 heavy (non-hydrogen) atoms. The number of aromatic nitrogens is 1. The molecule has 0 spiro atoms. The van der Waals surface area contributed by atoms with E-state index in [0.717, 1.165) is 31.2 Å². The summed E-state index contributed by atoms with van der Waals surface area (Å²) in [5, 5.41) is 9.83. The molecule has 0 unspecified atom stereocenters. The molecule has 1 heterocycles. The van der Waals surface area contributed by atoms with Gasteiger partial charge in [-0.15, -0.1) is 0 Å². The molecular formula is C21H27N3O4. The van der Waals surface area contributed by atoms with Crippen LogP contribution in [0.4, 0.5) is 4.79 Å². The third-order valence-electron chi connectivity index (χ3n) is 4.71. The summed E-state index contributed by atoms with van der Waals surface area (Å²) in [6.07, 6.45) is 3.06. The van der Waals surface area contributed by atoms with E-state index in [2.05, 4.69) is 15.8 Å². The number of carbonyl (C=O) groups excluding carboxylic acids is 2. The Balaban J connectivity index is 1.65. The van der Waals surface area contributed by atoms with Crippen LogP contribution in [0.5, 0.6) is 0 Å². The maximum Gasteiger partial charge on any atom is 0.407 e. The van der Waals surface area contributed by atoms with Gasteiger partial charge in [-0.2, -0.15) is 0 Å². The van der Waals surface area contributed by atoms with Gasteiger partial charge in [0.05, 0.1) is 5.54 Å². The Morgan fingerprint density at radius 3 is 2.50 bits per heavy atom. The van der Waals surface area contributed by atoms with E-state index < -0.39 is 17.2 Å². The number of ether oxygens (including phenoxy) is 1. The lowest BCUT2D eigenvalue weighted by molar-refractivity contribution is 0.0504. The van der Waals surface area contributed by atoms with E-state index >= 15 is 0 Å². The first-order valence-electron chi connectivity index (χ1n) is 9.58. The van der Waals surface area contributed by atoms with Crippen molar-refractivity contribution in [3.05, 3.63) is 42.2 Å². The van der Waals surface area contributed by atoms with Gasteiger partial charge in [-0.25, -0.2) is 4.79 Å². The first-order chi connectivity index (χ1) is 13.3.